The molecule has 4 aromatic rings. The third-order valence-corrected chi connectivity index (χ3v) is 6.74. The number of hydrogen-bond acceptors (Lipinski definition) is 6. The highest BCUT2D eigenvalue weighted by molar-refractivity contribution is 5.95. The van der Waals surface area contributed by atoms with Crippen molar-refractivity contribution in [1.82, 2.24) is 34.8 Å². The van der Waals surface area contributed by atoms with Crippen molar-refractivity contribution < 1.29 is 22.4 Å². The molecule has 5 rings (SSSR count). The summed E-state index contributed by atoms with van der Waals surface area (Å²) in [6.07, 6.45) is -5.44. The van der Waals surface area contributed by atoms with Crippen molar-refractivity contribution in [3.8, 4) is 0 Å². The quantitative estimate of drug-likeness (QED) is 0.406. The van der Waals surface area contributed by atoms with Gasteiger partial charge in [-0.05, 0) is 44.8 Å². The van der Waals surface area contributed by atoms with Crippen molar-refractivity contribution in [2.75, 3.05) is 20.6 Å². The molecular formula is C25H23F4N7O2. The van der Waals surface area contributed by atoms with E-state index in [0.717, 1.165) is 4.57 Å². The second kappa shape index (κ2) is 9.31. The van der Waals surface area contributed by atoms with Crippen LogP contribution >= 0.6 is 0 Å². The van der Waals surface area contributed by atoms with Crippen LogP contribution < -0.4 is 5.56 Å². The third-order valence-electron chi connectivity index (χ3n) is 6.74. The molecule has 2 atom stereocenters. The summed E-state index contributed by atoms with van der Waals surface area (Å²) in [6.45, 7) is 1.39. The Kier molecular flexibility index (Phi) is 6.25. The van der Waals surface area contributed by atoms with Crippen molar-refractivity contribution in [1.29, 1.82) is 0 Å². The van der Waals surface area contributed by atoms with E-state index in [2.05, 4.69) is 20.4 Å². The Labute approximate surface area is 213 Å². The molecule has 9 nitrogen and oxygen atoms in total. The number of fused-ring (bicyclic) bond motifs is 2. The molecule has 0 saturated heterocycles. The first-order valence-electron chi connectivity index (χ1n) is 11.7. The zero-order chi connectivity index (χ0) is 27.4. The fourth-order valence-corrected chi connectivity index (χ4v) is 4.78. The molecule has 0 spiro atoms. The van der Waals surface area contributed by atoms with E-state index in [1.54, 1.807) is 38.4 Å². The van der Waals surface area contributed by atoms with Gasteiger partial charge in [0.1, 0.15) is 12.0 Å². The summed E-state index contributed by atoms with van der Waals surface area (Å²) >= 11 is 0. The van der Waals surface area contributed by atoms with Gasteiger partial charge in [0, 0.05) is 11.8 Å². The number of carbonyl (C=O) groups is 1. The maximum Gasteiger partial charge on any atom is 0.451 e. The number of nitrogens with one attached hydrogen (secondary N) is 1. The number of aromatic amines is 1. The highest BCUT2D eigenvalue weighted by atomic mass is 19.4. The standard InChI is InChI=1S/C25H23F4N7O2/c1-13-21-31-33-24(25(27,28)29)36(21)20(34(2)3)12-35(13)23(38)17-10-14(8-9-18(17)26)11-19-15-6-4-5-7-16(15)22(37)32-30-19/h4-10,13,20H,11-12H2,1-3H3,(H,32,37). The number of likely N-dealkylation sites (N-methyl/N-ethyl adjacent to an activating group) is 1. The van der Waals surface area contributed by atoms with Gasteiger partial charge in [-0.3, -0.25) is 19.1 Å². The summed E-state index contributed by atoms with van der Waals surface area (Å²) in [5, 5.41) is 14.8. The fraction of sp³-hybridized carbons (Fsp3) is 0.320. The van der Waals surface area contributed by atoms with E-state index >= 15 is 0 Å². The van der Waals surface area contributed by atoms with E-state index in [0.29, 0.717) is 22.0 Å². The minimum Gasteiger partial charge on any atom is -0.325 e. The molecule has 2 unspecified atom stereocenters. The van der Waals surface area contributed by atoms with Gasteiger partial charge >= 0.3 is 6.18 Å². The number of carbonyl (C=O) groups excluding carboxylic acids is 1. The lowest BCUT2D eigenvalue weighted by Crippen LogP contribution is -2.48. The topological polar surface area (TPSA) is 100 Å². The molecule has 0 aliphatic carbocycles. The van der Waals surface area contributed by atoms with Crippen LogP contribution in [0.1, 0.15) is 52.4 Å². The molecule has 2 aromatic heterocycles. The van der Waals surface area contributed by atoms with Gasteiger partial charge in [-0.1, -0.05) is 24.3 Å². The molecule has 1 amide bonds. The van der Waals surface area contributed by atoms with E-state index in [-0.39, 0.29) is 29.9 Å². The fourth-order valence-electron chi connectivity index (χ4n) is 4.78. The predicted molar refractivity (Wildman–Crippen MR) is 129 cm³/mol. The maximum atomic E-state index is 15.0. The van der Waals surface area contributed by atoms with Crippen LogP contribution in [0, 0.1) is 5.82 Å². The Morgan fingerprint density at radius 1 is 1.13 bits per heavy atom. The molecule has 0 bridgehead atoms. The zero-order valence-corrected chi connectivity index (χ0v) is 20.6. The first-order valence-corrected chi connectivity index (χ1v) is 11.7. The van der Waals surface area contributed by atoms with Crippen LogP contribution in [0.5, 0.6) is 0 Å². The maximum absolute atomic E-state index is 15.0. The number of halogens is 4. The Morgan fingerprint density at radius 3 is 2.53 bits per heavy atom. The number of aromatic nitrogens is 5. The SMILES string of the molecule is CC1c2nnc(C(F)(F)F)n2C(N(C)C)CN1C(=O)c1cc(Cc2n[nH]c(=O)c3ccccc23)ccc1F. The van der Waals surface area contributed by atoms with E-state index in [1.165, 1.54) is 34.9 Å². The molecule has 3 heterocycles. The lowest BCUT2D eigenvalue weighted by atomic mass is 10.0. The third kappa shape index (κ3) is 4.32. The predicted octanol–water partition coefficient (Wildman–Crippen LogP) is 3.54. The van der Waals surface area contributed by atoms with Crippen molar-refractivity contribution in [3.63, 3.8) is 0 Å². The van der Waals surface area contributed by atoms with Crippen LogP contribution in [0.2, 0.25) is 0 Å². The molecule has 0 radical (unpaired) electrons. The summed E-state index contributed by atoms with van der Waals surface area (Å²) in [5.74, 6) is -2.66. The number of hydrogen-bond donors (Lipinski definition) is 1. The van der Waals surface area contributed by atoms with E-state index in [9.17, 15) is 27.2 Å². The van der Waals surface area contributed by atoms with E-state index in [1.807, 2.05) is 0 Å². The highest BCUT2D eigenvalue weighted by Gasteiger charge is 2.45. The number of benzene rings is 2. The van der Waals surface area contributed by atoms with Crippen LogP contribution in [-0.2, 0) is 12.6 Å². The van der Waals surface area contributed by atoms with Gasteiger partial charge in [0.25, 0.3) is 11.5 Å². The summed E-state index contributed by atoms with van der Waals surface area (Å²) in [5.41, 5.74) is 0.535. The molecule has 198 valence electrons. The molecule has 1 N–H and O–H groups in total. The average Bonchev–Trinajstić information content (AvgIpc) is 3.33. The molecule has 38 heavy (non-hydrogen) atoms. The molecular weight excluding hydrogens is 506 g/mol. The number of amides is 1. The zero-order valence-electron chi connectivity index (χ0n) is 20.6. The molecule has 2 aromatic carbocycles. The Hall–Kier alpha value is -4.13. The van der Waals surface area contributed by atoms with Gasteiger partial charge in [0.05, 0.1) is 29.2 Å². The number of rotatable bonds is 4. The van der Waals surface area contributed by atoms with Gasteiger partial charge in [0.15, 0.2) is 5.82 Å². The Morgan fingerprint density at radius 2 is 1.84 bits per heavy atom. The summed E-state index contributed by atoms with van der Waals surface area (Å²) < 4.78 is 56.7. The van der Waals surface area contributed by atoms with Crippen molar-refractivity contribution >= 4 is 16.7 Å². The van der Waals surface area contributed by atoms with Gasteiger partial charge < -0.3 is 4.90 Å². The first-order chi connectivity index (χ1) is 18.0. The van der Waals surface area contributed by atoms with Crippen LogP contribution in [-0.4, -0.2) is 61.3 Å². The minimum atomic E-state index is -4.73. The van der Waals surface area contributed by atoms with Crippen LogP contribution in [0.4, 0.5) is 17.6 Å². The normalized spacial score (nSPS) is 17.7. The largest absolute Gasteiger partial charge is 0.451 e. The van der Waals surface area contributed by atoms with Gasteiger partial charge in [-0.25, -0.2) is 9.49 Å². The molecule has 1 aliphatic rings. The van der Waals surface area contributed by atoms with Crippen LogP contribution in [0.3, 0.4) is 0 Å². The van der Waals surface area contributed by atoms with Gasteiger partial charge in [0.2, 0.25) is 5.82 Å². The highest BCUT2D eigenvalue weighted by Crippen LogP contribution is 2.38. The Balaban J connectivity index is 1.50. The van der Waals surface area contributed by atoms with Crippen LogP contribution in [0.15, 0.2) is 47.3 Å². The first kappa shape index (κ1) is 25.5. The number of nitrogens with zero attached hydrogens (tertiary/aromatic N) is 6. The van der Waals surface area contributed by atoms with Crippen molar-refractivity contribution in [3.05, 3.63) is 87.1 Å². The molecule has 1 aliphatic heterocycles. The minimum absolute atomic E-state index is 0.0453. The smallest absolute Gasteiger partial charge is 0.325 e. The summed E-state index contributed by atoms with van der Waals surface area (Å²) in [6, 6.07) is 10.1. The monoisotopic (exact) mass is 529 g/mol. The lowest BCUT2D eigenvalue weighted by molar-refractivity contribution is -0.150. The molecule has 0 saturated carbocycles. The van der Waals surface area contributed by atoms with Gasteiger partial charge in [-0.15, -0.1) is 10.2 Å². The summed E-state index contributed by atoms with van der Waals surface area (Å²) in [4.78, 5) is 28.5. The van der Waals surface area contributed by atoms with E-state index in [4.69, 9.17) is 0 Å². The summed E-state index contributed by atoms with van der Waals surface area (Å²) in [7, 11) is 3.16. The average molecular weight is 529 g/mol. The van der Waals surface area contributed by atoms with Crippen molar-refractivity contribution in [2.24, 2.45) is 0 Å². The van der Waals surface area contributed by atoms with Crippen LogP contribution in [0.25, 0.3) is 10.8 Å². The van der Waals surface area contributed by atoms with E-state index < -0.39 is 35.9 Å². The Bertz CT molecular complexity index is 1590. The number of H-pyrrole nitrogens is 1. The second-order valence-electron chi connectivity index (χ2n) is 9.36. The molecule has 13 heteroatoms. The lowest BCUT2D eigenvalue weighted by Gasteiger charge is -2.41. The van der Waals surface area contributed by atoms with Crippen molar-refractivity contribution in [2.45, 2.75) is 31.7 Å². The van der Waals surface area contributed by atoms with Gasteiger partial charge in [-0.2, -0.15) is 18.3 Å². The number of alkyl halides is 3. The molecule has 0 fully saturated rings. The second-order valence-corrected chi connectivity index (χ2v) is 9.36.